The van der Waals surface area contributed by atoms with Gasteiger partial charge in [0.1, 0.15) is 11.6 Å². The van der Waals surface area contributed by atoms with Crippen molar-refractivity contribution in [3.8, 4) is 5.75 Å². The number of nitrogens with one attached hydrogen (secondary N) is 1. The van der Waals surface area contributed by atoms with Gasteiger partial charge in [0.2, 0.25) is 0 Å². The number of ether oxygens (including phenoxy) is 2. The van der Waals surface area contributed by atoms with Crippen molar-refractivity contribution in [1.82, 2.24) is 4.90 Å². The lowest BCUT2D eigenvalue weighted by Gasteiger charge is -2.36. The van der Waals surface area contributed by atoms with Crippen LogP contribution in [0.2, 0.25) is 0 Å². The van der Waals surface area contributed by atoms with Crippen molar-refractivity contribution in [1.29, 1.82) is 0 Å². The summed E-state index contributed by atoms with van der Waals surface area (Å²) < 4.78 is 23.6. The largest absolute Gasteiger partial charge is 0.513 e. The first-order chi connectivity index (χ1) is 13.6. The molecule has 0 spiro atoms. The Morgan fingerprint density at radius 1 is 1.04 bits per heavy atom. The fraction of sp³-hybridized carbons (Fsp3) is 0.300. The molecule has 3 rings (SSSR count). The summed E-state index contributed by atoms with van der Waals surface area (Å²) in [5.74, 6) is 0.0699. The summed E-state index contributed by atoms with van der Waals surface area (Å²) in [4.78, 5) is 27.3. The van der Waals surface area contributed by atoms with Crippen molar-refractivity contribution in [2.24, 2.45) is 0 Å². The van der Waals surface area contributed by atoms with E-state index in [0.29, 0.717) is 43.3 Å². The summed E-state index contributed by atoms with van der Waals surface area (Å²) in [6.45, 7) is 4.02. The van der Waals surface area contributed by atoms with Gasteiger partial charge in [-0.25, -0.2) is 14.0 Å². The maximum atomic E-state index is 13.9. The smallest absolute Gasteiger partial charge is 0.434 e. The number of rotatable bonds is 4. The second kappa shape index (κ2) is 9.07. The predicted molar refractivity (Wildman–Crippen MR) is 103 cm³/mol. The number of halogens is 1. The number of para-hydroxylation sites is 1. The standard InChI is InChI=1S/C20H22FN3O4/c1-2-27-20(26)28-16-9-7-15(8-10-16)22-19(25)24-13-11-23(12-14-24)18-6-4-3-5-17(18)21/h3-10H,2,11-14H2,1H3,(H,22,25). The molecule has 1 aliphatic rings. The van der Waals surface area contributed by atoms with Gasteiger partial charge < -0.3 is 24.6 Å². The molecule has 2 amide bonds. The van der Waals surface area contributed by atoms with Crippen LogP contribution in [0.1, 0.15) is 6.92 Å². The van der Waals surface area contributed by atoms with Crippen LogP contribution < -0.4 is 15.0 Å². The Balaban J connectivity index is 1.50. The molecule has 148 valence electrons. The molecule has 28 heavy (non-hydrogen) atoms. The summed E-state index contributed by atoms with van der Waals surface area (Å²) in [7, 11) is 0. The minimum Gasteiger partial charge on any atom is -0.434 e. The van der Waals surface area contributed by atoms with E-state index in [1.165, 1.54) is 6.07 Å². The van der Waals surface area contributed by atoms with Crippen LogP contribution in [0.25, 0.3) is 0 Å². The molecule has 0 saturated carbocycles. The third-order valence-corrected chi connectivity index (χ3v) is 4.33. The van der Waals surface area contributed by atoms with E-state index in [9.17, 15) is 14.0 Å². The number of anilines is 2. The van der Waals surface area contributed by atoms with E-state index in [2.05, 4.69) is 5.32 Å². The molecule has 7 nitrogen and oxygen atoms in total. The first-order valence-corrected chi connectivity index (χ1v) is 9.07. The fourth-order valence-electron chi connectivity index (χ4n) is 2.91. The summed E-state index contributed by atoms with van der Waals surface area (Å²) in [6.07, 6.45) is -0.771. The zero-order chi connectivity index (χ0) is 19.9. The number of urea groups is 1. The molecule has 1 aliphatic heterocycles. The Hall–Kier alpha value is -3.29. The Kier molecular flexibility index (Phi) is 6.31. The number of hydrogen-bond acceptors (Lipinski definition) is 5. The third kappa shape index (κ3) is 4.91. The molecule has 1 heterocycles. The fourth-order valence-corrected chi connectivity index (χ4v) is 2.91. The van der Waals surface area contributed by atoms with Crippen LogP contribution in [0.15, 0.2) is 48.5 Å². The maximum absolute atomic E-state index is 13.9. The van der Waals surface area contributed by atoms with Crippen LogP contribution in [-0.2, 0) is 4.74 Å². The Morgan fingerprint density at radius 3 is 2.36 bits per heavy atom. The number of carbonyl (C=O) groups excluding carboxylic acids is 2. The highest BCUT2D eigenvalue weighted by Gasteiger charge is 2.22. The van der Waals surface area contributed by atoms with Crippen LogP contribution in [0, 0.1) is 5.82 Å². The van der Waals surface area contributed by atoms with Gasteiger partial charge >= 0.3 is 12.2 Å². The molecule has 0 atom stereocenters. The van der Waals surface area contributed by atoms with Gasteiger partial charge in [-0.2, -0.15) is 0 Å². The number of carbonyl (C=O) groups is 2. The first-order valence-electron chi connectivity index (χ1n) is 9.07. The molecular formula is C20H22FN3O4. The van der Waals surface area contributed by atoms with Crippen LogP contribution in [0.4, 0.5) is 25.4 Å². The molecular weight excluding hydrogens is 365 g/mol. The van der Waals surface area contributed by atoms with Gasteiger partial charge in [-0.3, -0.25) is 0 Å². The van der Waals surface area contributed by atoms with Crippen molar-refractivity contribution in [3.63, 3.8) is 0 Å². The lowest BCUT2D eigenvalue weighted by molar-refractivity contribution is 0.104. The van der Waals surface area contributed by atoms with E-state index < -0.39 is 6.16 Å². The van der Waals surface area contributed by atoms with Gasteiger partial charge in [0.05, 0.1) is 12.3 Å². The van der Waals surface area contributed by atoms with E-state index in [-0.39, 0.29) is 18.5 Å². The van der Waals surface area contributed by atoms with E-state index in [1.807, 2.05) is 4.90 Å². The van der Waals surface area contributed by atoms with Crippen LogP contribution >= 0.6 is 0 Å². The van der Waals surface area contributed by atoms with E-state index in [1.54, 1.807) is 54.3 Å². The molecule has 0 bridgehead atoms. The minimum atomic E-state index is -0.771. The SMILES string of the molecule is CCOC(=O)Oc1ccc(NC(=O)N2CCN(c3ccccc3F)CC2)cc1. The Labute approximate surface area is 162 Å². The monoisotopic (exact) mass is 387 g/mol. The Morgan fingerprint density at radius 2 is 1.71 bits per heavy atom. The molecule has 0 aromatic heterocycles. The molecule has 2 aromatic rings. The molecule has 1 fully saturated rings. The molecule has 0 unspecified atom stereocenters. The van der Waals surface area contributed by atoms with Crippen molar-refractivity contribution < 1.29 is 23.5 Å². The van der Waals surface area contributed by atoms with Crippen molar-refractivity contribution in [2.45, 2.75) is 6.92 Å². The van der Waals surface area contributed by atoms with Crippen LogP contribution in [-0.4, -0.2) is 49.9 Å². The van der Waals surface area contributed by atoms with Crippen molar-refractivity contribution in [3.05, 3.63) is 54.3 Å². The normalized spacial score (nSPS) is 13.8. The summed E-state index contributed by atoms with van der Waals surface area (Å²) in [5.41, 5.74) is 1.14. The number of nitrogens with zero attached hydrogens (tertiary/aromatic N) is 2. The van der Waals surface area contributed by atoms with E-state index >= 15 is 0 Å². The van der Waals surface area contributed by atoms with Crippen LogP contribution in [0.5, 0.6) is 5.75 Å². The van der Waals surface area contributed by atoms with Gasteiger partial charge in [-0.05, 0) is 43.3 Å². The lowest BCUT2D eigenvalue weighted by Crippen LogP contribution is -2.50. The zero-order valence-electron chi connectivity index (χ0n) is 15.6. The highest BCUT2D eigenvalue weighted by atomic mass is 19.1. The Bertz CT molecular complexity index is 820. The number of hydrogen-bond donors (Lipinski definition) is 1. The number of amides is 2. The number of benzene rings is 2. The van der Waals surface area contributed by atoms with Gasteiger partial charge in [0.15, 0.2) is 0 Å². The van der Waals surface area contributed by atoms with Gasteiger partial charge in [0, 0.05) is 31.9 Å². The molecule has 8 heteroatoms. The lowest BCUT2D eigenvalue weighted by atomic mass is 10.2. The quantitative estimate of drug-likeness (QED) is 0.640. The third-order valence-electron chi connectivity index (χ3n) is 4.33. The molecule has 0 aliphatic carbocycles. The van der Waals surface area contributed by atoms with E-state index in [0.717, 1.165) is 0 Å². The second-order valence-electron chi connectivity index (χ2n) is 6.17. The van der Waals surface area contributed by atoms with Gasteiger partial charge in [-0.1, -0.05) is 12.1 Å². The topological polar surface area (TPSA) is 71.1 Å². The highest BCUT2D eigenvalue weighted by molar-refractivity contribution is 5.89. The average molecular weight is 387 g/mol. The van der Waals surface area contributed by atoms with E-state index in [4.69, 9.17) is 9.47 Å². The van der Waals surface area contributed by atoms with Gasteiger partial charge in [-0.15, -0.1) is 0 Å². The average Bonchev–Trinajstić information content (AvgIpc) is 2.70. The second-order valence-corrected chi connectivity index (χ2v) is 6.17. The zero-order valence-corrected chi connectivity index (χ0v) is 15.6. The number of piperazine rings is 1. The molecule has 0 radical (unpaired) electrons. The molecule has 2 aromatic carbocycles. The summed E-state index contributed by atoms with van der Waals surface area (Å²) in [6, 6.07) is 12.8. The van der Waals surface area contributed by atoms with Crippen molar-refractivity contribution in [2.75, 3.05) is 43.0 Å². The predicted octanol–water partition coefficient (Wildman–Crippen LogP) is 3.72. The first kappa shape index (κ1) is 19.5. The maximum Gasteiger partial charge on any atom is 0.513 e. The molecule has 1 saturated heterocycles. The summed E-state index contributed by atoms with van der Waals surface area (Å²) in [5, 5.41) is 2.81. The summed E-state index contributed by atoms with van der Waals surface area (Å²) >= 11 is 0. The van der Waals surface area contributed by atoms with Crippen LogP contribution in [0.3, 0.4) is 0 Å². The minimum absolute atomic E-state index is 0.229. The highest BCUT2D eigenvalue weighted by Crippen LogP contribution is 2.21. The molecule has 1 N–H and O–H groups in total. The van der Waals surface area contributed by atoms with Crippen molar-refractivity contribution >= 4 is 23.6 Å². The van der Waals surface area contributed by atoms with Gasteiger partial charge in [0.25, 0.3) is 0 Å².